The predicted octanol–water partition coefficient (Wildman–Crippen LogP) is 2.92. The van der Waals surface area contributed by atoms with Crippen molar-refractivity contribution in [3.05, 3.63) is 59.8 Å². The van der Waals surface area contributed by atoms with Crippen molar-refractivity contribution in [2.75, 3.05) is 33.0 Å². The zero-order valence-electron chi connectivity index (χ0n) is 18.7. The van der Waals surface area contributed by atoms with E-state index in [1.165, 1.54) is 0 Å². The third kappa shape index (κ3) is 3.61. The lowest BCUT2D eigenvalue weighted by Gasteiger charge is -2.35. The fourth-order valence-electron chi connectivity index (χ4n) is 5.23. The van der Waals surface area contributed by atoms with E-state index in [1.54, 1.807) is 0 Å². The number of para-hydroxylation sites is 1. The number of hydrogen-bond donors (Lipinski definition) is 0. The Hall–Kier alpha value is -3.48. The molecule has 6 rings (SSSR count). The monoisotopic (exact) mass is 445 g/mol. The van der Waals surface area contributed by atoms with Gasteiger partial charge in [0.1, 0.15) is 0 Å². The van der Waals surface area contributed by atoms with Crippen LogP contribution in [0, 0.1) is 5.92 Å². The second-order valence-electron chi connectivity index (χ2n) is 9.23. The zero-order chi connectivity index (χ0) is 22.5. The molecule has 1 saturated heterocycles. The molecule has 0 spiro atoms. The molecule has 3 aromatic rings. The summed E-state index contributed by atoms with van der Waals surface area (Å²) < 4.78 is 12.9. The van der Waals surface area contributed by atoms with Gasteiger partial charge in [-0.3, -0.25) is 9.59 Å². The van der Waals surface area contributed by atoms with Gasteiger partial charge in [-0.05, 0) is 41.7 Å². The lowest BCUT2D eigenvalue weighted by molar-refractivity contribution is -0.140. The van der Waals surface area contributed by atoms with Crippen molar-refractivity contribution in [2.45, 2.75) is 18.8 Å². The van der Waals surface area contributed by atoms with Crippen LogP contribution < -0.4 is 9.47 Å². The van der Waals surface area contributed by atoms with Gasteiger partial charge < -0.3 is 23.8 Å². The topological polar surface area (TPSA) is 64.0 Å². The van der Waals surface area contributed by atoms with Crippen LogP contribution in [0.15, 0.2) is 48.7 Å². The van der Waals surface area contributed by atoms with Gasteiger partial charge in [0.05, 0.1) is 6.42 Å². The third-order valence-corrected chi connectivity index (χ3v) is 7.20. The highest BCUT2D eigenvalue weighted by Gasteiger charge is 2.46. The molecule has 7 heteroatoms. The summed E-state index contributed by atoms with van der Waals surface area (Å²) in [7, 11) is 2.01. The minimum atomic E-state index is 0.0308. The molecule has 1 saturated carbocycles. The van der Waals surface area contributed by atoms with Crippen molar-refractivity contribution in [3.63, 3.8) is 0 Å². The maximum Gasteiger partial charge on any atom is 0.231 e. The van der Waals surface area contributed by atoms with Crippen molar-refractivity contribution in [1.82, 2.24) is 14.4 Å². The quantitative estimate of drug-likeness (QED) is 0.620. The summed E-state index contributed by atoms with van der Waals surface area (Å²) in [5.41, 5.74) is 3.33. The van der Waals surface area contributed by atoms with E-state index >= 15 is 0 Å². The Morgan fingerprint density at radius 3 is 2.58 bits per heavy atom. The number of nitrogens with zero attached hydrogens (tertiary/aromatic N) is 3. The Kier molecular flexibility index (Phi) is 4.78. The number of aromatic nitrogens is 1. The molecule has 2 aromatic carbocycles. The SMILES string of the molecule is Cn1cc(CC(=O)N2CCN(C(=O)C3CC3c3ccc4c(c3)OCO4)CC2)c2ccccc21. The molecule has 0 bridgehead atoms. The van der Waals surface area contributed by atoms with Crippen molar-refractivity contribution < 1.29 is 19.1 Å². The molecule has 2 amide bonds. The molecule has 3 heterocycles. The second kappa shape index (κ2) is 7.83. The number of piperazine rings is 1. The van der Waals surface area contributed by atoms with Gasteiger partial charge in [0.25, 0.3) is 0 Å². The zero-order valence-corrected chi connectivity index (χ0v) is 18.7. The van der Waals surface area contributed by atoms with Crippen LogP contribution in [0.1, 0.15) is 23.5 Å². The molecule has 170 valence electrons. The molecule has 3 aliphatic rings. The molecule has 2 atom stereocenters. The normalized spacial score (nSPS) is 21.5. The Balaban J connectivity index is 1.05. The number of rotatable bonds is 4. The van der Waals surface area contributed by atoms with Crippen molar-refractivity contribution in [1.29, 1.82) is 0 Å². The first-order valence-electron chi connectivity index (χ1n) is 11.6. The summed E-state index contributed by atoms with van der Waals surface area (Å²) in [6.07, 6.45) is 3.31. The second-order valence-corrected chi connectivity index (χ2v) is 9.23. The molecule has 2 aliphatic heterocycles. The molecule has 2 unspecified atom stereocenters. The number of hydrogen-bond acceptors (Lipinski definition) is 4. The van der Waals surface area contributed by atoms with Gasteiger partial charge in [0, 0.05) is 56.2 Å². The van der Waals surface area contributed by atoms with Crippen LogP contribution in [0.2, 0.25) is 0 Å². The number of fused-ring (bicyclic) bond motifs is 2. The predicted molar refractivity (Wildman–Crippen MR) is 123 cm³/mol. The van der Waals surface area contributed by atoms with Gasteiger partial charge >= 0.3 is 0 Å². The van der Waals surface area contributed by atoms with E-state index in [0.717, 1.165) is 39.9 Å². The highest BCUT2D eigenvalue weighted by Crippen LogP contribution is 2.50. The maximum absolute atomic E-state index is 13.1. The molecular formula is C26H27N3O4. The summed E-state index contributed by atoms with van der Waals surface area (Å²) in [4.78, 5) is 29.8. The van der Waals surface area contributed by atoms with Gasteiger partial charge in [-0.1, -0.05) is 24.3 Å². The fraction of sp³-hybridized carbons (Fsp3) is 0.385. The summed E-state index contributed by atoms with van der Waals surface area (Å²) in [6, 6.07) is 14.1. The smallest absolute Gasteiger partial charge is 0.231 e. The molecule has 1 aromatic heterocycles. The Morgan fingerprint density at radius 2 is 1.73 bits per heavy atom. The molecule has 1 aliphatic carbocycles. The van der Waals surface area contributed by atoms with Crippen LogP contribution in [0.25, 0.3) is 10.9 Å². The summed E-state index contributed by atoms with van der Waals surface area (Å²) >= 11 is 0. The highest BCUT2D eigenvalue weighted by atomic mass is 16.7. The van der Waals surface area contributed by atoms with Crippen molar-refractivity contribution in [2.24, 2.45) is 13.0 Å². The fourth-order valence-corrected chi connectivity index (χ4v) is 5.23. The first kappa shape index (κ1) is 20.1. The number of benzene rings is 2. The summed E-state index contributed by atoms with van der Waals surface area (Å²) in [6.45, 7) is 2.65. The van der Waals surface area contributed by atoms with Gasteiger partial charge in [-0.2, -0.15) is 0 Å². The van der Waals surface area contributed by atoms with E-state index in [-0.39, 0.29) is 30.4 Å². The Labute approximate surface area is 192 Å². The number of carbonyl (C=O) groups is 2. The van der Waals surface area contributed by atoms with Crippen molar-refractivity contribution >= 4 is 22.7 Å². The number of aryl methyl sites for hydroxylation is 1. The highest BCUT2D eigenvalue weighted by molar-refractivity contribution is 5.89. The van der Waals surface area contributed by atoms with E-state index in [4.69, 9.17) is 9.47 Å². The van der Waals surface area contributed by atoms with E-state index < -0.39 is 0 Å². The molecule has 0 N–H and O–H groups in total. The maximum atomic E-state index is 13.1. The van der Waals surface area contributed by atoms with Gasteiger partial charge in [0.2, 0.25) is 18.6 Å². The lowest BCUT2D eigenvalue weighted by atomic mass is 10.1. The molecule has 33 heavy (non-hydrogen) atoms. The first-order chi connectivity index (χ1) is 16.1. The molecule has 7 nitrogen and oxygen atoms in total. The van der Waals surface area contributed by atoms with Gasteiger partial charge in [0.15, 0.2) is 11.5 Å². The molecule has 2 fully saturated rings. The minimum absolute atomic E-state index is 0.0308. The number of carbonyl (C=O) groups excluding carboxylic acids is 2. The summed E-state index contributed by atoms with van der Waals surface area (Å²) in [5.74, 6) is 2.15. The van der Waals surface area contributed by atoms with E-state index in [1.807, 2.05) is 53.4 Å². The lowest BCUT2D eigenvalue weighted by Crippen LogP contribution is -2.51. The van der Waals surface area contributed by atoms with E-state index in [0.29, 0.717) is 32.6 Å². The van der Waals surface area contributed by atoms with Crippen LogP contribution in [-0.2, 0) is 23.1 Å². The van der Waals surface area contributed by atoms with Crippen LogP contribution in [0.3, 0.4) is 0 Å². The Morgan fingerprint density at radius 1 is 0.970 bits per heavy atom. The largest absolute Gasteiger partial charge is 0.454 e. The standard InChI is InChI=1S/C26H27N3O4/c1-27-15-18(19-4-2-3-5-22(19)27)13-25(30)28-8-10-29(11-9-28)26(31)21-14-20(21)17-6-7-23-24(12-17)33-16-32-23/h2-7,12,15,20-21H,8-11,13-14,16H2,1H3. The Bertz CT molecular complexity index is 1240. The van der Waals surface area contributed by atoms with Gasteiger partial charge in [-0.25, -0.2) is 0 Å². The molecular weight excluding hydrogens is 418 g/mol. The minimum Gasteiger partial charge on any atom is -0.454 e. The van der Waals surface area contributed by atoms with Crippen LogP contribution in [0.5, 0.6) is 11.5 Å². The number of ether oxygens (including phenoxy) is 2. The third-order valence-electron chi connectivity index (χ3n) is 7.20. The van der Waals surface area contributed by atoms with Gasteiger partial charge in [-0.15, -0.1) is 0 Å². The number of amides is 2. The van der Waals surface area contributed by atoms with Crippen molar-refractivity contribution in [3.8, 4) is 11.5 Å². The van der Waals surface area contributed by atoms with E-state index in [9.17, 15) is 9.59 Å². The van der Waals surface area contributed by atoms with Crippen LogP contribution in [-0.4, -0.2) is 59.2 Å². The van der Waals surface area contributed by atoms with Crippen LogP contribution in [0.4, 0.5) is 0 Å². The average molecular weight is 446 g/mol. The first-order valence-corrected chi connectivity index (χ1v) is 11.6. The summed E-state index contributed by atoms with van der Waals surface area (Å²) in [5, 5.41) is 1.13. The molecule has 0 radical (unpaired) electrons. The van der Waals surface area contributed by atoms with E-state index in [2.05, 4.69) is 16.7 Å². The average Bonchev–Trinajstić information content (AvgIpc) is 3.40. The van der Waals surface area contributed by atoms with Crippen LogP contribution >= 0.6 is 0 Å².